The Morgan fingerprint density at radius 3 is 2.81 bits per heavy atom. The van der Waals surface area contributed by atoms with Crippen molar-refractivity contribution < 1.29 is 13.9 Å². The average molecular weight is 222 g/mol. The number of hydrogen-bond donors (Lipinski definition) is 0. The second-order valence-electron chi connectivity index (χ2n) is 4.25. The molecule has 0 saturated heterocycles. The summed E-state index contributed by atoms with van der Waals surface area (Å²) in [7, 11) is 1.48. The van der Waals surface area contributed by atoms with Crippen LogP contribution in [0.25, 0.3) is 0 Å². The fraction of sp³-hybridized carbons (Fsp3) is 0.462. The van der Waals surface area contributed by atoms with Gasteiger partial charge in [0, 0.05) is 12.5 Å². The summed E-state index contributed by atoms with van der Waals surface area (Å²) in [6.45, 7) is 0. The van der Waals surface area contributed by atoms with Crippen molar-refractivity contribution in [1.82, 2.24) is 0 Å². The largest absolute Gasteiger partial charge is 0.497 e. The van der Waals surface area contributed by atoms with Gasteiger partial charge in [0.2, 0.25) is 0 Å². The Kier molecular flexibility index (Phi) is 3.22. The molecule has 16 heavy (non-hydrogen) atoms. The van der Waals surface area contributed by atoms with Crippen LogP contribution in [0.15, 0.2) is 18.2 Å². The molecule has 0 aliphatic heterocycles. The van der Waals surface area contributed by atoms with Crippen molar-refractivity contribution >= 4 is 5.78 Å². The fourth-order valence-electron chi connectivity index (χ4n) is 1.73. The molecule has 86 valence electrons. The van der Waals surface area contributed by atoms with Crippen LogP contribution in [-0.2, 0) is 0 Å². The summed E-state index contributed by atoms with van der Waals surface area (Å²) >= 11 is 0. The molecular formula is C13H15FO2. The van der Waals surface area contributed by atoms with Gasteiger partial charge in [-0.05, 0) is 24.5 Å². The first-order valence-corrected chi connectivity index (χ1v) is 5.57. The Balaban J connectivity index is 2.03. The molecule has 1 aliphatic rings. The lowest BCUT2D eigenvalue weighted by molar-refractivity contribution is 0.0974. The van der Waals surface area contributed by atoms with Crippen LogP contribution >= 0.6 is 0 Å². The van der Waals surface area contributed by atoms with E-state index in [0.29, 0.717) is 18.1 Å². The number of methoxy groups -OCH3 is 1. The van der Waals surface area contributed by atoms with Gasteiger partial charge < -0.3 is 4.74 Å². The lowest BCUT2D eigenvalue weighted by atomic mass is 10.0. The standard InChI is InChI=1S/C13H15FO2/c1-16-10-5-6-11(12(14)8-10)13(15)7-4-9-2-3-9/h5-6,8-9H,2-4,7H2,1H3. The van der Waals surface area contributed by atoms with Crippen molar-refractivity contribution in [3.63, 3.8) is 0 Å². The molecule has 1 fully saturated rings. The monoisotopic (exact) mass is 222 g/mol. The number of hydrogen-bond acceptors (Lipinski definition) is 2. The van der Waals surface area contributed by atoms with Gasteiger partial charge in [-0.15, -0.1) is 0 Å². The SMILES string of the molecule is COc1ccc(C(=O)CCC2CC2)c(F)c1. The maximum atomic E-state index is 13.5. The Hall–Kier alpha value is -1.38. The summed E-state index contributed by atoms with van der Waals surface area (Å²) in [5, 5.41) is 0. The van der Waals surface area contributed by atoms with Gasteiger partial charge in [0.25, 0.3) is 0 Å². The first kappa shape index (κ1) is 11.1. The number of ether oxygens (including phenoxy) is 1. The molecule has 0 spiro atoms. The van der Waals surface area contributed by atoms with Gasteiger partial charge >= 0.3 is 0 Å². The number of rotatable bonds is 5. The number of benzene rings is 1. The van der Waals surface area contributed by atoms with E-state index in [1.54, 1.807) is 6.07 Å². The van der Waals surface area contributed by atoms with Gasteiger partial charge in [-0.2, -0.15) is 0 Å². The summed E-state index contributed by atoms with van der Waals surface area (Å²) in [5.41, 5.74) is 0.182. The van der Waals surface area contributed by atoms with Crippen molar-refractivity contribution in [1.29, 1.82) is 0 Å². The number of halogens is 1. The molecule has 2 rings (SSSR count). The second-order valence-corrected chi connectivity index (χ2v) is 4.25. The highest BCUT2D eigenvalue weighted by molar-refractivity contribution is 5.96. The minimum absolute atomic E-state index is 0.105. The van der Waals surface area contributed by atoms with E-state index in [0.717, 1.165) is 6.42 Å². The molecule has 1 saturated carbocycles. The van der Waals surface area contributed by atoms with Crippen LogP contribution in [0.3, 0.4) is 0 Å². The summed E-state index contributed by atoms with van der Waals surface area (Å²) in [4.78, 5) is 11.7. The average Bonchev–Trinajstić information content (AvgIpc) is 3.09. The zero-order valence-corrected chi connectivity index (χ0v) is 9.33. The molecule has 0 atom stereocenters. The summed E-state index contributed by atoms with van der Waals surface area (Å²) in [6, 6.07) is 4.38. The highest BCUT2D eigenvalue weighted by atomic mass is 19.1. The van der Waals surface area contributed by atoms with Gasteiger partial charge in [0.1, 0.15) is 11.6 Å². The second kappa shape index (κ2) is 4.64. The van der Waals surface area contributed by atoms with Gasteiger partial charge in [0.05, 0.1) is 12.7 Å². The van der Waals surface area contributed by atoms with Crippen molar-refractivity contribution in [3.05, 3.63) is 29.6 Å². The number of Topliss-reactive ketones (excluding diaryl/α,β-unsaturated/α-hetero) is 1. The van der Waals surface area contributed by atoms with E-state index in [-0.39, 0.29) is 11.3 Å². The van der Waals surface area contributed by atoms with E-state index in [1.807, 2.05) is 0 Å². The van der Waals surface area contributed by atoms with Crippen LogP contribution in [0.5, 0.6) is 5.75 Å². The highest BCUT2D eigenvalue weighted by Gasteiger charge is 2.23. The smallest absolute Gasteiger partial charge is 0.165 e. The van der Waals surface area contributed by atoms with Crippen LogP contribution in [-0.4, -0.2) is 12.9 Å². The summed E-state index contributed by atoms with van der Waals surface area (Å²) in [6.07, 6.45) is 3.79. The van der Waals surface area contributed by atoms with Crippen molar-refractivity contribution in [2.75, 3.05) is 7.11 Å². The molecule has 0 radical (unpaired) electrons. The van der Waals surface area contributed by atoms with E-state index in [9.17, 15) is 9.18 Å². The van der Waals surface area contributed by atoms with Gasteiger partial charge in [-0.3, -0.25) is 4.79 Å². The van der Waals surface area contributed by atoms with Crippen molar-refractivity contribution in [2.24, 2.45) is 5.92 Å². The van der Waals surface area contributed by atoms with Crippen LogP contribution in [0.2, 0.25) is 0 Å². The van der Waals surface area contributed by atoms with Gasteiger partial charge in [-0.25, -0.2) is 4.39 Å². The van der Waals surface area contributed by atoms with Crippen LogP contribution < -0.4 is 4.74 Å². The summed E-state index contributed by atoms with van der Waals surface area (Å²) in [5.74, 6) is 0.550. The minimum Gasteiger partial charge on any atom is -0.497 e. The third-order valence-electron chi connectivity index (χ3n) is 2.95. The maximum Gasteiger partial charge on any atom is 0.165 e. The fourth-order valence-corrected chi connectivity index (χ4v) is 1.73. The Labute approximate surface area is 94.4 Å². The Bertz CT molecular complexity index is 397. The molecule has 0 bridgehead atoms. The first-order valence-electron chi connectivity index (χ1n) is 5.57. The number of ketones is 1. The van der Waals surface area contributed by atoms with E-state index < -0.39 is 5.82 Å². The first-order chi connectivity index (χ1) is 7.70. The number of carbonyl (C=O) groups is 1. The quantitative estimate of drug-likeness (QED) is 0.715. The molecule has 0 unspecified atom stereocenters. The zero-order valence-electron chi connectivity index (χ0n) is 9.33. The Morgan fingerprint density at radius 1 is 1.50 bits per heavy atom. The molecule has 0 amide bonds. The van der Waals surface area contributed by atoms with Crippen LogP contribution in [0.1, 0.15) is 36.0 Å². The summed E-state index contributed by atoms with van der Waals surface area (Å²) < 4.78 is 18.4. The highest BCUT2D eigenvalue weighted by Crippen LogP contribution is 2.34. The molecule has 2 nitrogen and oxygen atoms in total. The van der Waals surface area contributed by atoms with E-state index in [2.05, 4.69) is 0 Å². The van der Waals surface area contributed by atoms with Crippen LogP contribution in [0.4, 0.5) is 4.39 Å². The molecule has 1 aliphatic carbocycles. The predicted octanol–water partition coefficient (Wildman–Crippen LogP) is 3.21. The van der Waals surface area contributed by atoms with E-state index in [4.69, 9.17) is 4.74 Å². The van der Waals surface area contributed by atoms with Gasteiger partial charge in [-0.1, -0.05) is 12.8 Å². The molecule has 3 heteroatoms. The third-order valence-corrected chi connectivity index (χ3v) is 2.95. The van der Waals surface area contributed by atoms with Crippen molar-refractivity contribution in [2.45, 2.75) is 25.7 Å². The minimum atomic E-state index is -0.486. The maximum absolute atomic E-state index is 13.5. The van der Waals surface area contributed by atoms with Gasteiger partial charge in [0.15, 0.2) is 5.78 Å². The van der Waals surface area contributed by atoms with E-state index in [1.165, 1.54) is 32.1 Å². The molecular weight excluding hydrogens is 207 g/mol. The van der Waals surface area contributed by atoms with Crippen LogP contribution in [0, 0.1) is 11.7 Å². The normalized spacial score (nSPS) is 14.9. The molecule has 0 heterocycles. The predicted molar refractivity (Wildman–Crippen MR) is 59.2 cm³/mol. The molecule has 0 N–H and O–H groups in total. The molecule has 1 aromatic rings. The topological polar surface area (TPSA) is 26.3 Å². The molecule has 0 aromatic heterocycles. The van der Waals surface area contributed by atoms with Crippen molar-refractivity contribution in [3.8, 4) is 5.75 Å². The zero-order chi connectivity index (χ0) is 11.5. The molecule has 1 aromatic carbocycles. The third kappa shape index (κ3) is 2.60. The van der Waals surface area contributed by atoms with E-state index >= 15 is 0 Å². The lowest BCUT2D eigenvalue weighted by Crippen LogP contribution is -2.03. The Morgan fingerprint density at radius 2 is 2.25 bits per heavy atom. The lowest BCUT2D eigenvalue weighted by Gasteiger charge is -2.04. The number of carbonyl (C=O) groups excluding carboxylic acids is 1.